The second-order valence-electron chi connectivity index (χ2n) is 4.48. The van der Waals surface area contributed by atoms with Gasteiger partial charge in [-0.2, -0.15) is 0 Å². The van der Waals surface area contributed by atoms with Crippen molar-refractivity contribution in [2.45, 2.75) is 6.54 Å². The Bertz CT molecular complexity index is 599. The van der Waals surface area contributed by atoms with Gasteiger partial charge in [0.15, 0.2) is 0 Å². The second kappa shape index (κ2) is 6.06. The molecule has 104 valence electrons. The smallest absolute Gasteiger partial charge is 0.257 e. The zero-order valence-electron chi connectivity index (χ0n) is 11.5. The normalized spacial score (nSPS) is 10.1. The fourth-order valence-corrected chi connectivity index (χ4v) is 1.92. The highest BCUT2D eigenvalue weighted by Crippen LogP contribution is 2.23. The molecule has 1 amide bonds. The summed E-state index contributed by atoms with van der Waals surface area (Å²) in [6.07, 6.45) is 3.41. The number of nitrogen functional groups attached to an aromatic ring is 1. The molecule has 0 saturated heterocycles. The summed E-state index contributed by atoms with van der Waals surface area (Å²) in [5, 5.41) is 0. The summed E-state index contributed by atoms with van der Waals surface area (Å²) in [6.45, 7) is 0.509. The Hall–Kier alpha value is -2.56. The Morgan fingerprint density at radius 1 is 1.30 bits per heavy atom. The SMILES string of the molecule is COc1cc(N)ccc1C(=O)N(C)Cc1ccncc1. The number of carbonyl (C=O) groups excluding carboxylic acids is 1. The van der Waals surface area contributed by atoms with E-state index < -0.39 is 0 Å². The highest BCUT2D eigenvalue weighted by Gasteiger charge is 2.16. The van der Waals surface area contributed by atoms with E-state index in [0.717, 1.165) is 5.56 Å². The summed E-state index contributed by atoms with van der Waals surface area (Å²) in [4.78, 5) is 18.0. The number of anilines is 1. The minimum absolute atomic E-state index is 0.112. The van der Waals surface area contributed by atoms with Crippen LogP contribution in [0.3, 0.4) is 0 Å². The molecular weight excluding hydrogens is 254 g/mol. The van der Waals surface area contributed by atoms with Gasteiger partial charge in [-0.1, -0.05) is 0 Å². The molecule has 0 aliphatic heterocycles. The standard InChI is InChI=1S/C15H17N3O2/c1-18(10-11-5-7-17-8-6-11)15(19)13-4-3-12(16)9-14(13)20-2/h3-9H,10,16H2,1-2H3. The van der Waals surface area contributed by atoms with Crippen LogP contribution in [0.2, 0.25) is 0 Å². The van der Waals surface area contributed by atoms with E-state index in [1.165, 1.54) is 7.11 Å². The first kappa shape index (κ1) is 13.9. The van der Waals surface area contributed by atoms with Crippen LogP contribution in [0.1, 0.15) is 15.9 Å². The zero-order valence-corrected chi connectivity index (χ0v) is 11.5. The lowest BCUT2D eigenvalue weighted by Gasteiger charge is -2.19. The molecule has 5 nitrogen and oxygen atoms in total. The number of benzene rings is 1. The highest BCUT2D eigenvalue weighted by molar-refractivity contribution is 5.97. The molecule has 0 atom stereocenters. The van der Waals surface area contributed by atoms with E-state index in [1.54, 1.807) is 42.5 Å². The van der Waals surface area contributed by atoms with Crippen molar-refractivity contribution in [2.75, 3.05) is 19.9 Å². The maximum atomic E-state index is 12.4. The van der Waals surface area contributed by atoms with Gasteiger partial charge >= 0.3 is 0 Å². The molecule has 2 rings (SSSR count). The Morgan fingerprint density at radius 2 is 2.00 bits per heavy atom. The van der Waals surface area contributed by atoms with Crippen LogP contribution in [-0.2, 0) is 6.54 Å². The van der Waals surface area contributed by atoms with Crippen LogP contribution in [0.25, 0.3) is 0 Å². The summed E-state index contributed by atoms with van der Waals surface area (Å²) in [5.74, 6) is 0.371. The van der Waals surface area contributed by atoms with Crippen LogP contribution >= 0.6 is 0 Å². The number of ether oxygens (including phenoxy) is 1. The first-order valence-corrected chi connectivity index (χ1v) is 6.19. The largest absolute Gasteiger partial charge is 0.496 e. The Balaban J connectivity index is 2.18. The number of carbonyl (C=O) groups is 1. The maximum absolute atomic E-state index is 12.4. The van der Waals surface area contributed by atoms with Crippen molar-refractivity contribution in [3.63, 3.8) is 0 Å². The van der Waals surface area contributed by atoms with Gasteiger partial charge in [-0.05, 0) is 29.8 Å². The zero-order chi connectivity index (χ0) is 14.5. The molecule has 0 fully saturated rings. The fourth-order valence-electron chi connectivity index (χ4n) is 1.92. The number of amides is 1. The summed E-state index contributed by atoms with van der Waals surface area (Å²) in [5.41, 5.74) is 7.77. The van der Waals surface area contributed by atoms with Crippen molar-refractivity contribution >= 4 is 11.6 Å². The minimum Gasteiger partial charge on any atom is -0.496 e. The fraction of sp³-hybridized carbons (Fsp3) is 0.200. The van der Waals surface area contributed by atoms with Crippen molar-refractivity contribution in [1.82, 2.24) is 9.88 Å². The third-order valence-electron chi connectivity index (χ3n) is 2.97. The molecule has 2 N–H and O–H groups in total. The first-order valence-electron chi connectivity index (χ1n) is 6.19. The molecule has 5 heteroatoms. The van der Waals surface area contributed by atoms with Crippen LogP contribution in [0.5, 0.6) is 5.75 Å². The summed E-state index contributed by atoms with van der Waals surface area (Å²) in [6, 6.07) is 8.77. The lowest BCUT2D eigenvalue weighted by Crippen LogP contribution is -2.26. The monoisotopic (exact) mass is 271 g/mol. The number of methoxy groups -OCH3 is 1. The van der Waals surface area contributed by atoms with E-state index in [-0.39, 0.29) is 5.91 Å². The van der Waals surface area contributed by atoms with Gasteiger partial charge in [0.2, 0.25) is 0 Å². The molecular formula is C15H17N3O2. The number of pyridine rings is 1. The molecule has 0 aliphatic carbocycles. The second-order valence-corrected chi connectivity index (χ2v) is 4.48. The number of hydrogen-bond acceptors (Lipinski definition) is 4. The molecule has 20 heavy (non-hydrogen) atoms. The number of nitrogens with two attached hydrogens (primary N) is 1. The Labute approximate surface area is 118 Å². The maximum Gasteiger partial charge on any atom is 0.257 e. The van der Waals surface area contributed by atoms with Crippen molar-refractivity contribution in [1.29, 1.82) is 0 Å². The van der Waals surface area contributed by atoms with Gasteiger partial charge in [0, 0.05) is 37.7 Å². The van der Waals surface area contributed by atoms with Gasteiger partial charge < -0.3 is 15.4 Å². The molecule has 0 bridgehead atoms. The number of nitrogens with zero attached hydrogens (tertiary/aromatic N) is 2. The first-order chi connectivity index (χ1) is 9.61. The van der Waals surface area contributed by atoms with Gasteiger partial charge in [-0.25, -0.2) is 0 Å². The van der Waals surface area contributed by atoms with Gasteiger partial charge in [0.05, 0.1) is 12.7 Å². The molecule has 0 radical (unpaired) electrons. The molecule has 2 aromatic rings. The topological polar surface area (TPSA) is 68.5 Å². The Morgan fingerprint density at radius 3 is 2.65 bits per heavy atom. The Kier molecular flexibility index (Phi) is 4.20. The summed E-state index contributed by atoms with van der Waals surface area (Å²) < 4.78 is 5.21. The number of hydrogen-bond donors (Lipinski definition) is 1. The van der Waals surface area contributed by atoms with Crippen molar-refractivity contribution < 1.29 is 9.53 Å². The van der Waals surface area contributed by atoms with Crippen molar-refractivity contribution in [2.24, 2.45) is 0 Å². The van der Waals surface area contributed by atoms with Gasteiger partial charge in [0.1, 0.15) is 5.75 Å². The summed E-state index contributed by atoms with van der Waals surface area (Å²) in [7, 11) is 3.27. The molecule has 0 spiro atoms. The van der Waals surface area contributed by atoms with E-state index in [4.69, 9.17) is 10.5 Å². The van der Waals surface area contributed by atoms with E-state index in [9.17, 15) is 4.79 Å². The van der Waals surface area contributed by atoms with E-state index in [0.29, 0.717) is 23.5 Å². The predicted molar refractivity (Wildman–Crippen MR) is 77.4 cm³/mol. The molecule has 1 heterocycles. The third kappa shape index (κ3) is 3.06. The molecule has 0 aliphatic rings. The van der Waals surface area contributed by atoms with E-state index in [1.807, 2.05) is 12.1 Å². The minimum atomic E-state index is -0.112. The van der Waals surface area contributed by atoms with Crippen LogP contribution in [0.15, 0.2) is 42.7 Å². The van der Waals surface area contributed by atoms with Crippen molar-refractivity contribution in [3.05, 3.63) is 53.9 Å². The number of rotatable bonds is 4. The average Bonchev–Trinajstić information content (AvgIpc) is 2.47. The van der Waals surface area contributed by atoms with Crippen LogP contribution in [0, 0.1) is 0 Å². The van der Waals surface area contributed by atoms with Crippen molar-refractivity contribution in [3.8, 4) is 5.75 Å². The van der Waals surface area contributed by atoms with E-state index >= 15 is 0 Å². The molecule has 0 saturated carbocycles. The van der Waals surface area contributed by atoms with Crippen LogP contribution < -0.4 is 10.5 Å². The number of aromatic nitrogens is 1. The molecule has 1 aromatic carbocycles. The molecule has 1 aromatic heterocycles. The lowest BCUT2D eigenvalue weighted by atomic mass is 10.1. The van der Waals surface area contributed by atoms with Crippen LogP contribution in [-0.4, -0.2) is 29.9 Å². The van der Waals surface area contributed by atoms with Gasteiger partial charge in [-0.3, -0.25) is 9.78 Å². The highest BCUT2D eigenvalue weighted by atomic mass is 16.5. The van der Waals surface area contributed by atoms with Crippen LogP contribution in [0.4, 0.5) is 5.69 Å². The predicted octanol–water partition coefficient (Wildman–Crippen LogP) is 1.94. The summed E-state index contributed by atoms with van der Waals surface area (Å²) >= 11 is 0. The van der Waals surface area contributed by atoms with E-state index in [2.05, 4.69) is 4.98 Å². The average molecular weight is 271 g/mol. The van der Waals surface area contributed by atoms with Gasteiger partial charge in [0.25, 0.3) is 5.91 Å². The molecule has 0 unspecified atom stereocenters. The quantitative estimate of drug-likeness (QED) is 0.863. The lowest BCUT2D eigenvalue weighted by molar-refractivity contribution is 0.0781. The third-order valence-corrected chi connectivity index (χ3v) is 2.97. The van der Waals surface area contributed by atoms with Gasteiger partial charge in [-0.15, -0.1) is 0 Å².